The molecule has 0 saturated heterocycles. The lowest BCUT2D eigenvalue weighted by molar-refractivity contribution is -0.166. The van der Waals surface area contributed by atoms with Crippen LogP contribution in [-0.4, -0.2) is 49.7 Å². The number of carbonyl (C=O) groups excluding carboxylic acids is 1. The van der Waals surface area contributed by atoms with Crippen LogP contribution in [0, 0.1) is 0 Å². The van der Waals surface area contributed by atoms with Gasteiger partial charge >= 0.3 is 0 Å². The van der Waals surface area contributed by atoms with Crippen molar-refractivity contribution in [1.82, 2.24) is 15.3 Å². The molecule has 0 aliphatic rings. The smallest absolute Gasteiger partial charge is 0.265 e. The SMILES string of the molecule is CNCCC(C(=O)NO)N(OC(C)C)S(=O)(=O)c1ccc(-c2ccccc2)cc1. The summed E-state index contributed by atoms with van der Waals surface area (Å²) < 4.78 is 27.2. The summed E-state index contributed by atoms with van der Waals surface area (Å²) in [5.74, 6) is -0.870. The van der Waals surface area contributed by atoms with Crippen LogP contribution >= 0.6 is 0 Å². The number of nitrogens with zero attached hydrogens (tertiary/aromatic N) is 1. The van der Waals surface area contributed by atoms with Crippen LogP contribution in [0.4, 0.5) is 0 Å². The summed E-state index contributed by atoms with van der Waals surface area (Å²) in [5, 5.41) is 12.0. The Hall–Kier alpha value is -2.30. The van der Waals surface area contributed by atoms with Crippen LogP contribution in [0.1, 0.15) is 20.3 Å². The van der Waals surface area contributed by atoms with E-state index in [2.05, 4.69) is 5.32 Å². The van der Waals surface area contributed by atoms with Crippen LogP contribution < -0.4 is 10.8 Å². The van der Waals surface area contributed by atoms with Crippen LogP contribution in [0.2, 0.25) is 0 Å². The highest BCUT2D eigenvalue weighted by Crippen LogP contribution is 2.25. The third kappa shape index (κ3) is 5.84. The average Bonchev–Trinajstić information content (AvgIpc) is 2.73. The van der Waals surface area contributed by atoms with E-state index in [4.69, 9.17) is 10.0 Å². The number of sulfonamides is 1. The highest BCUT2D eigenvalue weighted by atomic mass is 32.2. The molecular formula is C20H27N3O5S. The lowest BCUT2D eigenvalue weighted by Gasteiger charge is -2.30. The zero-order chi connectivity index (χ0) is 21.4. The molecule has 3 N–H and O–H groups in total. The molecule has 2 rings (SSSR count). The van der Waals surface area contributed by atoms with Gasteiger partial charge in [0.05, 0.1) is 11.0 Å². The van der Waals surface area contributed by atoms with E-state index in [1.807, 2.05) is 30.3 Å². The highest BCUT2D eigenvalue weighted by Gasteiger charge is 2.37. The fourth-order valence-electron chi connectivity index (χ4n) is 2.75. The van der Waals surface area contributed by atoms with Crippen molar-refractivity contribution in [2.24, 2.45) is 0 Å². The van der Waals surface area contributed by atoms with Crippen molar-refractivity contribution in [1.29, 1.82) is 0 Å². The lowest BCUT2D eigenvalue weighted by atomic mass is 10.1. The fourth-order valence-corrected chi connectivity index (χ4v) is 4.26. The molecule has 1 atom stereocenters. The van der Waals surface area contributed by atoms with Crippen LogP contribution in [0.3, 0.4) is 0 Å². The molecule has 1 unspecified atom stereocenters. The summed E-state index contributed by atoms with van der Waals surface area (Å²) in [6.45, 7) is 3.67. The van der Waals surface area contributed by atoms with Crippen molar-refractivity contribution in [3.63, 3.8) is 0 Å². The Labute approximate surface area is 171 Å². The summed E-state index contributed by atoms with van der Waals surface area (Å²) in [6.07, 6.45) is -0.395. The molecule has 0 aliphatic carbocycles. The first kappa shape index (κ1) is 23.0. The van der Waals surface area contributed by atoms with Crippen molar-refractivity contribution in [2.75, 3.05) is 13.6 Å². The van der Waals surface area contributed by atoms with Crippen LogP contribution in [0.25, 0.3) is 11.1 Å². The summed E-state index contributed by atoms with van der Waals surface area (Å²) in [5.41, 5.74) is 3.35. The molecule has 8 nitrogen and oxygen atoms in total. The third-order valence-corrected chi connectivity index (χ3v) is 5.83. The Kier molecular flexibility index (Phi) is 8.30. The van der Waals surface area contributed by atoms with Gasteiger partial charge in [-0.1, -0.05) is 46.9 Å². The van der Waals surface area contributed by atoms with Gasteiger partial charge in [-0.15, -0.1) is 0 Å². The van der Waals surface area contributed by atoms with E-state index >= 15 is 0 Å². The topological polar surface area (TPSA) is 108 Å². The van der Waals surface area contributed by atoms with E-state index in [9.17, 15) is 13.2 Å². The molecule has 0 fully saturated rings. The van der Waals surface area contributed by atoms with Crippen molar-refractivity contribution in [3.8, 4) is 11.1 Å². The number of hydrogen-bond acceptors (Lipinski definition) is 6. The number of carbonyl (C=O) groups is 1. The Morgan fingerprint density at radius 1 is 1.07 bits per heavy atom. The maximum atomic E-state index is 13.3. The highest BCUT2D eigenvalue weighted by molar-refractivity contribution is 7.89. The van der Waals surface area contributed by atoms with Gasteiger partial charge in [0.1, 0.15) is 6.04 Å². The van der Waals surface area contributed by atoms with E-state index in [1.165, 1.54) is 17.6 Å². The van der Waals surface area contributed by atoms with E-state index in [1.54, 1.807) is 33.0 Å². The number of amides is 1. The minimum Gasteiger partial charge on any atom is -0.320 e. The van der Waals surface area contributed by atoms with Gasteiger partial charge in [-0.05, 0) is 57.1 Å². The summed E-state index contributed by atoms with van der Waals surface area (Å²) in [4.78, 5) is 17.7. The van der Waals surface area contributed by atoms with Gasteiger partial charge in [0, 0.05) is 0 Å². The maximum absolute atomic E-state index is 13.3. The first-order valence-electron chi connectivity index (χ1n) is 9.26. The molecule has 0 aliphatic heterocycles. The normalized spacial score (nSPS) is 12.9. The van der Waals surface area contributed by atoms with Crippen LogP contribution in [-0.2, 0) is 19.7 Å². The minimum absolute atomic E-state index is 0.0157. The fraction of sp³-hybridized carbons (Fsp3) is 0.350. The molecule has 0 radical (unpaired) electrons. The van der Waals surface area contributed by atoms with Gasteiger partial charge < -0.3 is 5.32 Å². The average molecular weight is 422 g/mol. The predicted molar refractivity (Wildman–Crippen MR) is 109 cm³/mol. The van der Waals surface area contributed by atoms with Crippen molar-refractivity contribution in [2.45, 2.75) is 37.3 Å². The van der Waals surface area contributed by atoms with E-state index in [-0.39, 0.29) is 11.3 Å². The molecule has 0 saturated carbocycles. The molecule has 2 aromatic rings. The molecule has 0 bridgehead atoms. The predicted octanol–water partition coefficient (Wildman–Crippen LogP) is 2.17. The Balaban J connectivity index is 2.41. The monoisotopic (exact) mass is 421 g/mol. The minimum atomic E-state index is -4.17. The second kappa shape index (κ2) is 10.5. The first-order valence-corrected chi connectivity index (χ1v) is 10.7. The third-order valence-electron chi connectivity index (χ3n) is 4.15. The van der Waals surface area contributed by atoms with Gasteiger partial charge in [0.15, 0.2) is 0 Å². The largest absolute Gasteiger partial charge is 0.320 e. The number of hydroxylamine groups is 2. The lowest BCUT2D eigenvalue weighted by Crippen LogP contribution is -2.50. The Morgan fingerprint density at radius 3 is 2.17 bits per heavy atom. The number of benzene rings is 2. The summed E-state index contributed by atoms with van der Waals surface area (Å²) >= 11 is 0. The van der Waals surface area contributed by atoms with Crippen molar-refractivity contribution >= 4 is 15.9 Å². The van der Waals surface area contributed by atoms with E-state index in [0.717, 1.165) is 11.1 Å². The van der Waals surface area contributed by atoms with Gasteiger partial charge in [-0.2, -0.15) is 0 Å². The quantitative estimate of drug-likeness (QED) is 0.401. The molecule has 158 valence electrons. The van der Waals surface area contributed by atoms with Gasteiger partial charge in [-0.3, -0.25) is 14.8 Å². The summed E-state index contributed by atoms with van der Waals surface area (Å²) in [7, 11) is -2.49. The van der Waals surface area contributed by atoms with E-state index < -0.39 is 28.1 Å². The van der Waals surface area contributed by atoms with Crippen LogP contribution in [0.15, 0.2) is 59.5 Å². The molecule has 0 spiro atoms. The molecule has 29 heavy (non-hydrogen) atoms. The van der Waals surface area contributed by atoms with Gasteiger partial charge in [-0.25, -0.2) is 13.9 Å². The first-order chi connectivity index (χ1) is 13.8. The molecule has 1 amide bonds. The van der Waals surface area contributed by atoms with E-state index in [0.29, 0.717) is 11.0 Å². The molecule has 9 heteroatoms. The van der Waals surface area contributed by atoms with Crippen LogP contribution in [0.5, 0.6) is 0 Å². The number of hydrogen-bond donors (Lipinski definition) is 3. The van der Waals surface area contributed by atoms with Gasteiger partial charge in [0.2, 0.25) is 0 Å². The van der Waals surface area contributed by atoms with Crippen molar-refractivity contribution < 1.29 is 23.3 Å². The van der Waals surface area contributed by atoms with Crippen molar-refractivity contribution in [3.05, 3.63) is 54.6 Å². The second-order valence-electron chi connectivity index (χ2n) is 6.69. The zero-order valence-electron chi connectivity index (χ0n) is 16.7. The Bertz CT molecular complexity index is 886. The Morgan fingerprint density at radius 2 is 1.66 bits per heavy atom. The second-order valence-corrected chi connectivity index (χ2v) is 8.47. The zero-order valence-corrected chi connectivity index (χ0v) is 17.5. The number of rotatable bonds is 10. The molecular weight excluding hydrogens is 394 g/mol. The standard InChI is InChI=1S/C20H27N3O5S/c1-15(2)28-23(19(13-14-21-3)20(24)22-25)29(26,27)18-11-9-17(10-12-18)16-7-5-4-6-8-16/h4-12,15,19,21,25H,13-14H2,1-3H3,(H,22,24). The molecule has 0 aromatic heterocycles. The maximum Gasteiger partial charge on any atom is 0.265 e. The molecule has 2 aromatic carbocycles. The number of nitrogens with one attached hydrogen (secondary N) is 2. The summed E-state index contributed by atoms with van der Waals surface area (Å²) in [6, 6.07) is 14.7. The molecule has 0 heterocycles. The van der Waals surface area contributed by atoms with Gasteiger partial charge in [0.25, 0.3) is 15.9 Å².